The van der Waals surface area contributed by atoms with Gasteiger partial charge in [-0.25, -0.2) is 0 Å². The summed E-state index contributed by atoms with van der Waals surface area (Å²) in [6, 6.07) is 5.92. The first-order valence-corrected chi connectivity index (χ1v) is 5.77. The van der Waals surface area contributed by atoms with Gasteiger partial charge >= 0.3 is 6.18 Å². The van der Waals surface area contributed by atoms with Crippen LogP contribution in [-0.2, 0) is 4.79 Å². The van der Waals surface area contributed by atoms with Crippen LogP contribution in [0.3, 0.4) is 0 Å². The summed E-state index contributed by atoms with van der Waals surface area (Å²) >= 11 is 3.09. The Bertz CT molecular complexity index is 512. The highest BCUT2D eigenvalue weighted by molar-refractivity contribution is 9.10. The summed E-state index contributed by atoms with van der Waals surface area (Å²) in [6.07, 6.45) is -4.88. The number of nitriles is 1. The molecule has 1 aromatic carbocycles. The van der Waals surface area contributed by atoms with Gasteiger partial charge in [0.2, 0.25) is 5.91 Å². The predicted molar refractivity (Wildman–Crippen MR) is 64.6 cm³/mol. The number of hydrogen-bond donors (Lipinski definition) is 1. The molecule has 0 aliphatic rings. The number of halogens is 4. The van der Waals surface area contributed by atoms with E-state index in [-0.39, 0.29) is 11.4 Å². The zero-order valence-corrected chi connectivity index (χ0v) is 11.0. The number of alkyl halides is 3. The Hall–Kier alpha value is -1.75. The summed E-state index contributed by atoms with van der Waals surface area (Å²) in [6.45, 7) is -1.47. The third-order valence-electron chi connectivity index (χ3n) is 1.87. The van der Waals surface area contributed by atoms with Crippen LogP contribution >= 0.6 is 15.9 Å². The molecular formula is C11H8BrF3N2O2. The van der Waals surface area contributed by atoms with Crippen molar-refractivity contribution in [3.63, 3.8) is 0 Å². The van der Waals surface area contributed by atoms with Crippen LogP contribution < -0.4 is 10.1 Å². The van der Waals surface area contributed by atoms with E-state index < -0.39 is 25.1 Å². The molecule has 0 saturated heterocycles. The Kier molecular flexibility index (Phi) is 5.18. The molecule has 0 fully saturated rings. The molecule has 102 valence electrons. The zero-order valence-electron chi connectivity index (χ0n) is 9.42. The molecule has 1 aromatic rings. The summed E-state index contributed by atoms with van der Waals surface area (Å²) in [5.41, 5.74) is 0.0620. The van der Waals surface area contributed by atoms with Crippen LogP contribution in [0.5, 0.6) is 5.75 Å². The number of rotatable bonds is 4. The Labute approximate surface area is 115 Å². The highest BCUT2D eigenvalue weighted by atomic mass is 79.9. The second-order valence-electron chi connectivity index (χ2n) is 3.40. The minimum Gasteiger partial charge on any atom is -0.482 e. The molecule has 0 bridgehead atoms. The van der Waals surface area contributed by atoms with Gasteiger partial charge in [0.25, 0.3) is 0 Å². The number of ether oxygens (including phenoxy) is 1. The van der Waals surface area contributed by atoms with Crippen LogP contribution in [0, 0.1) is 11.3 Å². The van der Waals surface area contributed by atoms with E-state index in [9.17, 15) is 18.0 Å². The van der Waals surface area contributed by atoms with Gasteiger partial charge in [-0.1, -0.05) is 6.07 Å². The van der Waals surface area contributed by atoms with E-state index >= 15 is 0 Å². The number of para-hydroxylation sites is 1. The highest BCUT2D eigenvalue weighted by Crippen LogP contribution is 2.33. The van der Waals surface area contributed by atoms with Crippen molar-refractivity contribution >= 4 is 27.5 Å². The Morgan fingerprint density at radius 1 is 1.47 bits per heavy atom. The summed E-state index contributed by atoms with van der Waals surface area (Å²) in [5.74, 6) is -0.760. The van der Waals surface area contributed by atoms with E-state index in [1.165, 1.54) is 18.2 Å². The van der Waals surface area contributed by atoms with Crippen LogP contribution in [-0.4, -0.2) is 18.7 Å². The van der Waals surface area contributed by atoms with Crippen molar-refractivity contribution in [1.29, 1.82) is 5.26 Å². The van der Waals surface area contributed by atoms with Gasteiger partial charge in [-0.05, 0) is 28.1 Å². The quantitative estimate of drug-likeness (QED) is 0.918. The molecule has 0 unspecified atom stereocenters. The van der Waals surface area contributed by atoms with Crippen molar-refractivity contribution in [1.82, 2.24) is 0 Å². The monoisotopic (exact) mass is 336 g/mol. The standard InChI is InChI=1S/C11H8BrF3N2O2/c12-7-2-1-3-8(19-6-11(13,14)15)10(7)17-9(18)4-5-16/h1-3H,4,6H2,(H,17,18). The van der Waals surface area contributed by atoms with Gasteiger partial charge in [0.15, 0.2) is 6.61 Å². The summed E-state index contributed by atoms with van der Waals surface area (Å²) in [7, 11) is 0. The summed E-state index contributed by atoms with van der Waals surface area (Å²) in [5, 5.41) is 10.7. The van der Waals surface area contributed by atoms with Crippen LogP contribution in [0.2, 0.25) is 0 Å². The van der Waals surface area contributed by atoms with Gasteiger partial charge in [0, 0.05) is 4.47 Å². The van der Waals surface area contributed by atoms with E-state index in [4.69, 9.17) is 5.26 Å². The fraction of sp³-hybridized carbons (Fsp3) is 0.273. The van der Waals surface area contributed by atoms with Crippen molar-refractivity contribution in [2.45, 2.75) is 12.6 Å². The maximum atomic E-state index is 12.1. The maximum Gasteiger partial charge on any atom is 0.422 e. The average Bonchev–Trinajstić information content (AvgIpc) is 2.29. The number of carbonyl (C=O) groups excluding carboxylic acids is 1. The molecule has 0 aliphatic carbocycles. The maximum absolute atomic E-state index is 12.1. The number of nitrogens with zero attached hydrogens (tertiary/aromatic N) is 1. The number of hydrogen-bond acceptors (Lipinski definition) is 3. The number of benzene rings is 1. The molecular weight excluding hydrogens is 329 g/mol. The molecule has 0 radical (unpaired) electrons. The normalized spacial score (nSPS) is 10.7. The summed E-state index contributed by atoms with van der Waals surface area (Å²) in [4.78, 5) is 11.3. The fourth-order valence-electron chi connectivity index (χ4n) is 1.16. The number of carbonyl (C=O) groups is 1. The van der Waals surface area contributed by atoms with E-state index in [0.717, 1.165) is 0 Å². The second kappa shape index (κ2) is 6.43. The molecule has 0 atom stereocenters. The Morgan fingerprint density at radius 3 is 2.74 bits per heavy atom. The minimum atomic E-state index is -4.48. The van der Waals surface area contributed by atoms with Crippen molar-refractivity contribution < 1.29 is 22.7 Å². The molecule has 0 heterocycles. The molecule has 0 saturated carbocycles. The largest absolute Gasteiger partial charge is 0.482 e. The Morgan fingerprint density at radius 2 is 2.16 bits per heavy atom. The minimum absolute atomic E-state index is 0.0620. The SMILES string of the molecule is N#CCC(=O)Nc1c(Br)cccc1OCC(F)(F)F. The van der Waals surface area contributed by atoms with Crippen LogP contribution in [0.15, 0.2) is 22.7 Å². The highest BCUT2D eigenvalue weighted by Gasteiger charge is 2.29. The predicted octanol–water partition coefficient (Wildman–Crippen LogP) is 3.24. The van der Waals surface area contributed by atoms with E-state index in [0.29, 0.717) is 4.47 Å². The molecule has 19 heavy (non-hydrogen) atoms. The van der Waals surface area contributed by atoms with Gasteiger partial charge in [0.1, 0.15) is 12.2 Å². The molecule has 8 heteroatoms. The lowest BCUT2D eigenvalue weighted by atomic mass is 10.3. The van der Waals surface area contributed by atoms with Crippen LogP contribution in [0.1, 0.15) is 6.42 Å². The number of nitrogens with one attached hydrogen (secondary N) is 1. The molecule has 1 N–H and O–H groups in total. The van der Waals surface area contributed by atoms with E-state index in [1.54, 1.807) is 6.07 Å². The summed E-state index contributed by atoms with van der Waals surface area (Å²) < 4.78 is 41.2. The first-order valence-electron chi connectivity index (χ1n) is 4.98. The second-order valence-corrected chi connectivity index (χ2v) is 4.25. The first kappa shape index (κ1) is 15.3. The first-order chi connectivity index (χ1) is 8.83. The average molecular weight is 337 g/mol. The van der Waals surface area contributed by atoms with E-state index in [1.807, 2.05) is 0 Å². The lowest BCUT2D eigenvalue weighted by molar-refractivity contribution is -0.153. The third-order valence-corrected chi connectivity index (χ3v) is 2.53. The topological polar surface area (TPSA) is 62.1 Å². The Balaban J connectivity index is 2.89. The van der Waals surface area contributed by atoms with E-state index in [2.05, 4.69) is 26.0 Å². The van der Waals surface area contributed by atoms with Gasteiger partial charge < -0.3 is 10.1 Å². The fourth-order valence-corrected chi connectivity index (χ4v) is 1.61. The molecule has 0 aromatic heterocycles. The molecule has 4 nitrogen and oxygen atoms in total. The molecule has 1 amide bonds. The number of amides is 1. The molecule has 1 rings (SSSR count). The van der Waals surface area contributed by atoms with Crippen molar-refractivity contribution in [2.24, 2.45) is 0 Å². The van der Waals surface area contributed by atoms with Crippen LogP contribution in [0.4, 0.5) is 18.9 Å². The molecule has 0 spiro atoms. The van der Waals surface area contributed by atoms with Crippen LogP contribution in [0.25, 0.3) is 0 Å². The van der Waals surface area contributed by atoms with Crippen molar-refractivity contribution in [3.05, 3.63) is 22.7 Å². The van der Waals surface area contributed by atoms with Gasteiger partial charge in [-0.15, -0.1) is 0 Å². The zero-order chi connectivity index (χ0) is 14.5. The lowest BCUT2D eigenvalue weighted by Gasteiger charge is -2.14. The molecule has 0 aliphatic heterocycles. The van der Waals surface area contributed by atoms with Gasteiger partial charge in [0.05, 0.1) is 11.8 Å². The van der Waals surface area contributed by atoms with Crippen molar-refractivity contribution in [3.8, 4) is 11.8 Å². The lowest BCUT2D eigenvalue weighted by Crippen LogP contribution is -2.20. The van der Waals surface area contributed by atoms with Gasteiger partial charge in [-0.2, -0.15) is 18.4 Å². The van der Waals surface area contributed by atoms with Gasteiger partial charge in [-0.3, -0.25) is 4.79 Å². The van der Waals surface area contributed by atoms with Crippen molar-refractivity contribution in [2.75, 3.05) is 11.9 Å². The third kappa shape index (κ3) is 5.18. The number of anilines is 1. The smallest absolute Gasteiger partial charge is 0.422 e.